The van der Waals surface area contributed by atoms with Gasteiger partial charge in [0.1, 0.15) is 11.6 Å². The SMILES string of the molecule is CCn1c(CCS)nc2cc(F)ccc21. The number of hydrogen-bond acceptors (Lipinski definition) is 2. The molecule has 80 valence electrons. The van der Waals surface area contributed by atoms with E-state index in [9.17, 15) is 4.39 Å². The molecule has 0 aliphatic carbocycles. The highest BCUT2D eigenvalue weighted by Gasteiger charge is 2.08. The predicted octanol–water partition coefficient (Wildman–Crippen LogP) is 2.67. The van der Waals surface area contributed by atoms with Crippen LogP contribution in [-0.4, -0.2) is 15.3 Å². The summed E-state index contributed by atoms with van der Waals surface area (Å²) in [6.45, 7) is 2.91. The van der Waals surface area contributed by atoms with Crippen molar-refractivity contribution in [3.8, 4) is 0 Å². The van der Waals surface area contributed by atoms with Crippen molar-refractivity contribution in [1.29, 1.82) is 0 Å². The Labute approximate surface area is 93.5 Å². The van der Waals surface area contributed by atoms with Crippen LogP contribution in [0.1, 0.15) is 12.7 Å². The van der Waals surface area contributed by atoms with E-state index in [1.54, 1.807) is 6.07 Å². The molecule has 1 heterocycles. The van der Waals surface area contributed by atoms with Crippen molar-refractivity contribution in [3.05, 3.63) is 29.8 Å². The number of benzene rings is 1. The minimum atomic E-state index is -0.235. The van der Waals surface area contributed by atoms with Crippen LogP contribution in [0, 0.1) is 5.82 Å². The molecule has 0 atom stereocenters. The zero-order valence-corrected chi connectivity index (χ0v) is 9.47. The van der Waals surface area contributed by atoms with Gasteiger partial charge in [-0.15, -0.1) is 0 Å². The van der Waals surface area contributed by atoms with Gasteiger partial charge in [0.2, 0.25) is 0 Å². The van der Waals surface area contributed by atoms with Gasteiger partial charge in [-0.05, 0) is 24.8 Å². The molecule has 0 saturated carbocycles. The lowest BCUT2D eigenvalue weighted by Gasteiger charge is -2.03. The fourth-order valence-corrected chi connectivity index (χ4v) is 2.00. The first-order valence-electron chi connectivity index (χ1n) is 5.01. The summed E-state index contributed by atoms with van der Waals surface area (Å²) in [7, 11) is 0. The topological polar surface area (TPSA) is 17.8 Å². The molecule has 0 aliphatic rings. The van der Waals surface area contributed by atoms with Crippen LogP contribution in [0.15, 0.2) is 18.2 Å². The van der Waals surface area contributed by atoms with Gasteiger partial charge < -0.3 is 4.57 Å². The lowest BCUT2D eigenvalue weighted by molar-refractivity contribution is 0.629. The minimum absolute atomic E-state index is 0.235. The third kappa shape index (κ3) is 1.86. The first-order valence-corrected chi connectivity index (χ1v) is 5.65. The van der Waals surface area contributed by atoms with Crippen LogP contribution >= 0.6 is 12.6 Å². The fourth-order valence-electron chi connectivity index (χ4n) is 1.80. The minimum Gasteiger partial charge on any atom is -0.328 e. The average Bonchev–Trinajstić information content (AvgIpc) is 2.54. The van der Waals surface area contributed by atoms with Crippen molar-refractivity contribution < 1.29 is 4.39 Å². The fraction of sp³-hybridized carbons (Fsp3) is 0.364. The molecule has 1 aromatic carbocycles. The Kier molecular flexibility index (Phi) is 2.95. The summed E-state index contributed by atoms with van der Waals surface area (Å²) in [4.78, 5) is 4.41. The molecule has 0 bridgehead atoms. The van der Waals surface area contributed by atoms with E-state index in [0.717, 1.165) is 35.6 Å². The third-order valence-electron chi connectivity index (χ3n) is 2.44. The first kappa shape index (κ1) is 10.5. The molecule has 4 heteroatoms. The van der Waals surface area contributed by atoms with E-state index in [2.05, 4.69) is 29.1 Å². The summed E-state index contributed by atoms with van der Waals surface area (Å²) in [6, 6.07) is 4.73. The molecule has 0 unspecified atom stereocenters. The summed E-state index contributed by atoms with van der Waals surface area (Å²) in [5, 5.41) is 0. The summed E-state index contributed by atoms with van der Waals surface area (Å²) >= 11 is 4.19. The van der Waals surface area contributed by atoms with E-state index in [-0.39, 0.29) is 5.82 Å². The molecule has 15 heavy (non-hydrogen) atoms. The standard InChI is InChI=1S/C11H13FN2S/c1-2-14-10-4-3-8(12)7-9(10)13-11(14)5-6-15/h3-4,7,15H,2,5-6H2,1H3. The normalized spacial score (nSPS) is 11.1. The number of nitrogens with zero attached hydrogens (tertiary/aromatic N) is 2. The van der Waals surface area contributed by atoms with Gasteiger partial charge in [0, 0.05) is 19.0 Å². The highest BCUT2D eigenvalue weighted by molar-refractivity contribution is 7.80. The second-order valence-corrected chi connectivity index (χ2v) is 3.83. The van der Waals surface area contributed by atoms with Crippen molar-refractivity contribution in [2.75, 3.05) is 5.75 Å². The van der Waals surface area contributed by atoms with Gasteiger partial charge in [-0.2, -0.15) is 12.6 Å². The molecule has 1 aromatic heterocycles. The Balaban J connectivity index is 2.62. The summed E-state index contributed by atoms with van der Waals surface area (Å²) in [5.41, 5.74) is 1.73. The molecular weight excluding hydrogens is 211 g/mol. The monoisotopic (exact) mass is 224 g/mol. The number of rotatable bonds is 3. The first-order chi connectivity index (χ1) is 7.26. The summed E-state index contributed by atoms with van der Waals surface area (Å²) < 4.78 is 15.1. The lowest BCUT2D eigenvalue weighted by atomic mass is 10.3. The number of imidazole rings is 1. The van der Waals surface area contributed by atoms with Crippen LogP contribution in [0.4, 0.5) is 4.39 Å². The van der Waals surface area contributed by atoms with E-state index in [0.29, 0.717) is 0 Å². The highest BCUT2D eigenvalue weighted by atomic mass is 32.1. The molecule has 0 spiro atoms. The van der Waals surface area contributed by atoms with Crippen LogP contribution in [-0.2, 0) is 13.0 Å². The number of fused-ring (bicyclic) bond motifs is 1. The summed E-state index contributed by atoms with van der Waals surface area (Å²) in [6.07, 6.45) is 0.813. The Morgan fingerprint density at radius 2 is 2.27 bits per heavy atom. The Hall–Kier alpha value is -1.03. The van der Waals surface area contributed by atoms with E-state index in [1.165, 1.54) is 12.1 Å². The van der Waals surface area contributed by atoms with Crippen LogP contribution < -0.4 is 0 Å². The maximum absolute atomic E-state index is 13.0. The van der Waals surface area contributed by atoms with Crippen LogP contribution in [0.25, 0.3) is 11.0 Å². The molecule has 2 aromatic rings. The third-order valence-corrected chi connectivity index (χ3v) is 2.66. The molecule has 0 N–H and O–H groups in total. The number of hydrogen-bond donors (Lipinski definition) is 1. The molecule has 2 nitrogen and oxygen atoms in total. The van der Waals surface area contributed by atoms with Crippen molar-refractivity contribution in [2.24, 2.45) is 0 Å². The smallest absolute Gasteiger partial charge is 0.125 e. The quantitative estimate of drug-likeness (QED) is 0.794. The zero-order valence-electron chi connectivity index (χ0n) is 8.57. The Bertz CT molecular complexity index is 479. The Morgan fingerprint density at radius 3 is 2.93 bits per heavy atom. The van der Waals surface area contributed by atoms with E-state index in [4.69, 9.17) is 0 Å². The van der Waals surface area contributed by atoms with Gasteiger partial charge in [0.15, 0.2) is 0 Å². The highest BCUT2D eigenvalue weighted by Crippen LogP contribution is 2.18. The molecule has 0 aliphatic heterocycles. The molecule has 0 radical (unpaired) electrons. The molecule has 0 fully saturated rings. The second kappa shape index (κ2) is 4.23. The van der Waals surface area contributed by atoms with Crippen molar-refractivity contribution >= 4 is 23.7 Å². The molecule has 0 amide bonds. The van der Waals surface area contributed by atoms with E-state index in [1.807, 2.05) is 0 Å². The molecule has 0 saturated heterocycles. The van der Waals surface area contributed by atoms with E-state index >= 15 is 0 Å². The van der Waals surface area contributed by atoms with Crippen molar-refractivity contribution in [1.82, 2.24) is 9.55 Å². The second-order valence-electron chi connectivity index (χ2n) is 3.38. The van der Waals surface area contributed by atoms with Crippen LogP contribution in [0.2, 0.25) is 0 Å². The number of aryl methyl sites for hydroxylation is 2. The van der Waals surface area contributed by atoms with Gasteiger partial charge in [0.25, 0.3) is 0 Å². The van der Waals surface area contributed by atoms with Gasteiger partial charge >= 0.3 is 0 Å². The maximum Gasteiger partial charge on any atom is 0.125 e. The maximum atomic E-state index is 13.0. The van der Waals surface area contributed by atoms with Gasteiger partial charge in [-0.25, -0.2) is 9.37 Å². The van der Waals surface area contributed by atoms with Crippen molar-refractivity contribution in [2.45, 2.75) is 19.9 Å². The van der Waals surface area contributed by atoms with Gasteiger partial charge in [-0.1, -0.05) is 0 Å². The van der Waals surface area contributed by atoms with Crippen molar-refractivity contribution in [3.63, 3.8) is 0 Å². The zero-order chi connectivity index (χ0) is 10.8. The number of thiol groups is 1. The Morgan fingerprint density at radius 1 is 1.47 bits per heavy atom. The van der Waals surface area contributed by atoms with E-state index < -0.39 is 0 Å². The average molecular weight is 224 g/mol. The summed E-state index contributed by atoms with van der Waals surface area (Å²) in [5.74, 6) is 1.50. The largest absolute Gasteiger partial charge is 0.328 e. The predicted molar refractivity (Wildman–Crippen MR) is 62.9 cm³/mol. The van der Waals surface area contributed by atoms with Crippen LogP contribution in [0.3, 0.4) is 0 Å². The van der Waals surface area contributed by atoms with Gasteiger partial charge in [0.05, 0.1) is 11.0 Å². The van der Waals surface area contributed by atoms with Crippen LogP contribution in [0.5, 0.6) is 0 Å². The molecule has 2 rings (SSSR count). The lowest BCUT2D eigenvalue weighted by Crippen LogP contribution is -2.02. The number of aromatic nitrogens is 2. The number of halogens is 1. The van der Waals surface area contributed by atoms with Gasteiger partial charge in [-0.3, -0.25) is 0 Å². The molecular formula is C11H13FN2S.